The fraction of sp³-hybridized carbons (Fsp3) is 0.444. The third-order valence-electron chi connectivity index (χ3n) is 7.09. The molecule has 1 fully saturated rings. The van der Waals surface area contributed by atoms with Crippen LogP contribution in [0, 0.1) is 11.8 Å². The van der Waals surface area contributed by atoms with Crippen LogP contribution in [0.2, 0.25) is 0 Å². The minimum Gasteiger partial charge on any atom is -0.369 e. The monoisotopic (exact) mass is 446 g/mol. The van der Waals surface area contributed by atoms with E-state index in [1.165, 1.54) is 10.5 Å². The molecule has 4 rings (SSSR count). The van der Waals surface area contributed by atoms with Crippen LogP contribution in [0.15, 0.2) is 65.7 Å². The molecule has 174 valence electrons. The van der Waals surface area contributed by atoms with Crippen LogP contribution < -0.4 is 11.1 Å². The van der Waals surface area contributed by atoms with E-state index in [0.29, 0.717) is 37.1 Å². The van der Waals surface area contributed by atoms with E-state index >= 15 is 0 Å². The van der Waals surface area contributed by atoms with Crippen LogP contribution in [0.25, 0.3) is 0 Å². The first-order chi connectivity index (χ1) is 15.9. The topological polar surface area (TPSA) is 87.8 Å². The number of nitrogens with one attached hydrogen (secondary N) is 1. The number of hydrogen-bond donors (Lipinski definition) is 2. The zero-order chi connectivity index (χ0) is 23.3. The number of hydrogen-bond acceptors (Lipinski definition) is 4. The van der Waals surface area contributed by atoms with Gasteiger partial charge in [-0.05, 0) is 61.6 Å². The Labute approximate surface area is 196 Å². The number of guanidine groups is 1. The van der Waals surface area contributed by atoms with Crippen molar-refractivity contribution < 1.29 is 9.59 Å². The van der Waals surface area contributed by atoms with Crippen molar-refractivity contribution in [2.75, 3.05) is 12.4 Å². The molecule has 33 heavy (non-hydrogen) atoms. The van der Waals surface area contributed by atoms with E-state index in [2.05, 4.69) is 17.4 Å². The molecule has 0 radical (unpaired) electrons. The molecule has 1 heterocycles. The third-order valence-corrected chi connectivity index (χ3v) is 7.09. The summed E-state index contributed by atoms with van der Waals surface area (Å²) >= 11 is 0. The van der Waals surface area contributed by atoms with E-state index < -0.39 is 5.54 Å². The normalized spacial score (nSPS) is 25.1. The summed E-state index contributed by atoms with van der Waals surface area (Å²) in [5.41, 5.74) is 7.32. The van der Waals surface area contributed by atoms with Gasteiger partial charge in [0.15, 0.2) is 5.96 Å². The number of para-hydroxylation sites is 1. The lowest BCUT2D eigenvalue weighted by atomic mass is 9.73. The van der Waals surface area contributed by atoms with Crippen molar-refractivity contribution in [2.45, 2.75) is 56.9 Å². The molecule has 3 N–H and O–H groups in total. The Morgan fingerprint density at radius 1 is 1.09 bits per heavy atom. The Hall–Kier alpha value is -3.15. The Morgan fingerprint density at radius 2 is 1.76 bits per heavy atom. The van der Waals surface area contributed by atoms with Crippen molar-refractivity contribution >= 4 is 23.5 Å². The first-order valence-corrected chi connectivity index (χ1v) is 12.0. The molecular weight excluding hydrogens is 412 g/mol. The fourth-order valence-corrected chi connectivity index (χ4v) is 5.40. The van der Waals surface area contributed by atoms with Gasteiger partial charge in [0.05, 0.1) is 0 Å². The fourth-order valence-electron chi connectivity index (χ4n) is 5.40. The van der Waals surface area contributed by atoms with Gasteiger partial charge in [0.2, 0.25) is 5.91 Å². The lowest BCUT2D eigenvalue weighted by molar-refractivity contribution is -0.131. The highest BCUT2D eigenvalue weighted by Crippen LogP contribution is 2.40. The minimum atomic E-state index is -0.798. The van der Waals surface area contributed by atoms with Crippen LogP contribution in [-0.2, 0) is 16.0 Å². The van der Waals surface area contributed by atoms with Gasteiger partial charge in [0.25, 0.3) is 5.91 Å². The largest absolute Gasteiger partial charge is 0.369 e. The highest BCUT2D eigenvalue weighted by molar-refractivity contribution is 6.06. The zero-order valence-electron chi connectivity index (χ0n) is 19.4. The maximum Gasteiger partial charge on any atom is 0.257 e. The van der Waals surface area contributed by atoms with Gasteiger partial charge in [0.1, 0.15) is 5.54 Å². The first-order valence-electron chi connectivity index (χ1n) is 12.0. The third kappa shape index (κ3) is 5.62. The van der Waals surface area contributed by atoms with Crippen molar-refractivity contribution in [3.05, 3.63) is 66.2 Å². The predicted molar refractivity (Wildman–Crippen MR) is 132 cm³/mol. The molecule has 1 aliphatic carbocycles. The van der Waals surface area contributed by atoms with Crippen LogP contribution >= 0.6 is 0 Å². The molecule has 3 atom stereocenters. The molecule has 2 aromatic carbocycles. The van der Waals surface area contributed by atoms with Crippen LogP contribution in [0.1, 0.15) is 50.5 Å². The Bertz CT molecular complexity index is 992. The predicted octanol–water partition coefficient (Wildman–Crippen LogP) is 4.37. The summed E-state index contributed by atoms with van der Waals surface area (Å²) < 4.78 is 0. The molecule has 2 aromatic rings. The van der Waals surface area contributed by atoms with Crippen molar-refractivity contribution in [1.82, 2.24) is 4.90 Å². The lowest BCUT2D eigenvalue weighted by Gasteiger charge is -2.34. The Morgan fingerprint density at radius 3 is 2.42 bits per heavy atom. The number of aryl methyl sites for hydroxylation is 1. The summed E-state index contributed by atoms with van der Waals surface area (Å²) in [6.07, 6.45) is 6.78. The number of carbonyl (C=O) groups is 2. The minimum absolute atomic E-state index is 0.000116. The van der Waals surface area contributed by atoms with Gasteiger partial charge in [-0.1, -0.05) is 61.4 Å². The summed E-state index contributed by atoms with van der Waals surface area (Å²) in [6.45, 7) is 0. The number of likely N-dealkylation sites (N-methyl/N-ethyl adjacent to an activating group) is 1. The van der Waals surface area contributed by atoms with Crippen molar-refractivity contribution in [2.24, 2.45) is 22.6 Å². The second-order valence-electron chi connectivity index (χ2n) is 9.57. The van der Waals surface area contributed by atoms with E-state index in [4.69, 9.17) is 10.7 Å². The SMILES string of the molecule is CN1C(=O)[C@@](CCc2ccccc2)(C[C@H]2CCC[C@@H](CC(=O)Nc3ccccc3)C2)N=C1N. The maximum atomic E-state index is 13.3. The second kappa shape index (κ2) is 10.2. The first kappa shape index (κ1) is 23.0. The quantitative estimate of drug-likeness (QED) is 0.631. The number of benzene rings is 2. The van der Waals surface area contributed by atoms with Crippen LogP contribution in [0.5, 0.6) is 0 Å². The second-order valence-corrected chi connectivity index (χ2v) is 9.57. The number of nitrogens with zero attached hydrogens (tertiary/aromatic N) is 2. The molecule has 0 spiro atoms. The molecule has 0 bridgehead atoms. The summed E-state index contributed by atoms with van der Waals surface area (Å²) in [6, 6.07) is 19.8. The molecule has 1 saturated carbocycles. The molecule has 2 amide bonds. The van der Waals surface area contributed by atoms with Crippen LogP contribution in [0.4, 0.5) is 5.69 Å². The molecule has 2 aliphatic rings. The highest BCUT2D eigenvalue weighted by Gasteiger charge is 2.47. The summed E-state index contributed by atoms with van der Waals surface area (Å²) in [4.78, 5) is 32.1. The van der Waals surface area contributed by atoms with Gasteiger partial charge in [-0.3, -0.25) is 14.5 Å². The highest BCUT2D eigenvalue weighted by atomic mass is 16.2. The van der Waals surface area contributed by atoms with Gasteiger partial charge in [-0.25, -0.2) is 4.99 Å². The van der Waals surface area contributed by atoms with Gasteiger partial charge in [0, 0.05) is 19.2 Å². The van der Waals surface area contributed by atoms with Gasteiger partial charge < -0.3 is 11.1 Å². The average molecular weight is 447 g/mol. The Balaban J connectivity index is 1.40. The molecule has 6 nitrogen and oxygen atoms in total. The number of anilines is 1. The van der Waals surface area contributed by atoms with Crippen molar-refractivity contribution in [1.29, 1.82) is 0 Å². The van der Waals surface area contributed by atoms with E-state index in [-0.39, 0.29) is 11.8 Å². The van der Waals surface area contributed by atoms with E-state index in [9.17, 15) is 9.59 Å². The number of nitrogens with two attached hydrogens (primary N) is 1. The Kier molecular flexibility index (Phi) is 7.11. The van der Waals surface area contributed by atoms with Crippen molar-refractivity contribution in [3.63, 3.8) is 0 Å². The maximum absolute atomic E-state index is 13.3. The summed E-state index contributed by atoms with van der Waals surface area (Å²) in [7, 11) is 1.71. The van der Waals surface area contributed by atoms with Gasteiger partial charge in [-0.2, -0.15) is 0 Å². The summed E-state index contributed by atoms with van der Waals surface area (Å²) in [5, 5.41) is 3.00. The standard InChI is InChI=1S/C27H34N4O2/c1-31-25(33)27(30-26(31)28,16-15-20-9-4-2-5-10-20)19-22-12-8-11-21(17-22)18-24(32)29-23-13-6-3-7-14-23/h2-7,9-10,13-14,21-22H,8,11-12,15-19H2,1H3,(H2,28,30)(H,29,32)/t21-,22+,27-/m1/s1. The zero-order valence-corrected chi connectivity index (χ0v) is 19.4. The van der Waals surface area contributed by atoms with Crippen molar-refractivity contribution in [3.8, 4) is 0 Å². The smallest absolute Gasteiger partial charge is 0.257 e. The molecule has 6 heteroatoms. The molecule has 0 unspecified atom stereocenters. The molecule has 0 saturated heterocycles. The molecular formula is C27H34N4O2. The van der Waals surface area contributed by atoms with Crippen LogP contribution in [0.3, 0.4) is 0 Å². The summed E-state index contributed by atoms with van der Waals surface area (Å²) in [5.74, 6) is 1.05. The number of rotatable bonds is 8. The molecule has 1 aliphatic heterocycles. The van der Waals surface area contributed by atoms with E-state index in [0.717, 1.165) is 37.8 Å². The van der Waals surface area contributed by atoms with Gasteiger partial charge >= 0.3 is 0 Å². The van der Waals surface area contributed by atoms with Crippen LogP contribution in [-0.4, -0.2) is 35.3 Å². The average Bonchev–Trinajstić information content (AvgIpc) is 3.03. The van der Waals surface area contributed by atoms with Gasteiger partial charge in [-0.15, -0.1) is 0 Å². The number of amides is 2. The molecule has 0 aromatic heterocycles. The van der Waals surface area contributed by atoms with E-state index in [1.54, 1.807) is 7.05 Å². The number of carbonyl (C=O) groups excluding carboxylic acids is 2. The lowest BCUT2D eigenvalue weighted by Crippen LogP contribution is -2.44. The number of aliphatic imine (C=N–C) groups is 1. The van der Waals surface area contributed by atoms with E-state index in [1.807, 2.05) is 48.5 Å².